The number of carbonyl (C=O) groups excluding carboxylic acids is 5. The molecule has 1 aromatic heterocycles. The molecule has 0 radical (unpaired) electrons. The summed E-state index contributed by atoms with van der Waals surface area (Å²) >= 11 is 0. The lowest BCUT2D eigenvalue weighted by Crippen LogP contribution is -2.61. The monoisotopic (exact) mass is 966 g/mol. The Balaban J connectivity index is 1.46. The molecule has 2 bridgehead atoms. The summed E-state index contributed by atoms with van der Waals surface area (Å²) in [6.07, 6.45) is 13.9. The molecule has 3 aliphatic heterocycles. The van der Waals surface area contributed by atoms with Gasteiger partial charge in [0.1, 0.15) is 36.5 Å². The molecule has 15 atom stereocenters. The number of aliphatic hydroxyl groups excluding tert-OH is 1. The summed E-state index contributed by atoms with van der Waals surface area (Å²) in [5.41, 5.74) is 1.27. The number of tetrazole rings is 1. The van der Waals surface area contributed by atoms with E-state index in [1.54, 1.807) is 52.1 Å². The molecule has 384 valence electrons. The third-order valence-electron chi connectivity index (χ3n) is 15.2. The van der Waals surface area contributed by atoms with Crippen molar-refractivity contribution in [1.29, 1.82) is 0 Å². The average molecular weight is 966 g/mol. The number of methoxy groups -OCH3 is 3. The highest BCUT2D eigenvalue weighted by Crippen LogP contribution is 2.39. The summed E-state index contributed by atoms with van der Waals surface area (Å²) in [7, 11) is 4.62. The van der Waals surface area contributed by atoms with Crippen LogP contribution in [-0.2, 0) is 47.7 Å². The van der Waals surface area contributed by atoms with Gasteiger partial charge in [0.05, 0.1) is 24.4 Å². The number of Topliss-reactive ketones (excluding diaryl/α,β-unsaturated/α-hetero) is 3. The van der Waals surface area contributed by atoms with Crippen LogP contribution in [0.4, 0.5) is 0 Å². The van der Waals surface area contributed by atoms with E-state index in [2.05, 4.69) is 15.5 Å². The van der Waals surface area contributed by atoms with Crippen molar-refractivity contribution in [3.8, 4) is 0 Å². The number of ketones is 3. The van der Waals surface area contributed by atoms with Crippen LogP contribution in [-0.4, -0.2) is 141 Å². The number of aromatic nitrogens is 4. The lowest BCUT2D eigenvalue weighted by atomic mass is 9.77. The minimum atomic E-state index is -2.43. The zero-order valence-corrected chi connectivity index (χ0v) is 42.5. The van der Waals surface area contributed by atoms with E-state index < -0.39 is 77.8 Å². The zero-order valence-electron chi connectivity index (χ0n) is 42.5. The maximum absolute atomic E-state index is 14.5. The largest absolute Gasteiger partial charge is 0.460 e. The number of hydrogen-bond donors (Lipinski definition) is 2. The highest BCUT2D eigenvalue weighted by atomic mass is 16.6. The van der Waals surface area contributed by atoms with Gasteiger partial charge in [0.25, 0.3) is 11.7 Å². The van der Waals surface area contributed by atoms with E-state index in [4.69, 9.17) is 23.7 Å². The Morgan fingerprint density at radius 3 is 2.32 bits per heavy atom. The molecule has 0 unspecified atom stereocenters. The first-order valence-corrected chi connectivity index (χ1v) is 25.0. The van der Waals surface area contributed by atoms with Crippen molar-refractivity contribution in [3.05, 3.63) is 53.9 Å². The summed E-state index contributed by atoms with van der Waals surface area (Å²) in [6.45, 7) is 12.8. The standard InChI is InChI=1S/C52H79N5O12/c1-31-16-12-11-13-17-32(2)43(65-8)28-39-21-19-37(7)52(64,69-39)49(61)50(62)56-23-15-14-18-41(56)51(63)68-44(34(4)26-38-20-22-40(45(27-38)66-9)57-30-53-54-55-57)29-42(58)33(3)25-36(6)47(60)48(67-10)46(59)35(5)24-31/h11-13,16-17,25,30-31,33-35,37-41,43-45,47-48,60,64H,14-15,18-24,26-29H2,1-10H3/b13-11+,16-12+,32-17-,36-25+/t31-,33-,34-,35-,37-,38+,39+,40+,41+,43+,44+,45-,47-,48+,52-/m1/s1. The number of ether oxygens (including phenoxy) is 5. The van der Waals surface area contributed by atoms with Crippen LogP contribution < -0.4 is 0 Å². The molecule has 4 aliphatic rings. The highest BCUT2D eigenvalue weighted by Gasteiger charge is 2.53. The Labute approximate surface area is 408 Å². The van der Waals surface area contributed by atoms with Crippen LogP contribution in [0.2, 0.25) is 0 Å². The first-order valence-electron chi connectivity index (χ1n) is 25.0. The molecule has 1 saturated carbocycles. The number of allylic oxidation sites excluding steroid dienone is 6. The van der Waals surface area contributed by atoms with E-state index in [-0.39, 0.29) is 60.9 Å². The molecule has 4 heterocycles. The molecule has 3 fully saturated rings. The van der Waals surface area contributed by atoms with E-state index in [0.29, 0.717) is 56.9 Å². The van der Waals surface area contributed by atoms with Crippen LogP contribution >= 0.6 is 0 Å². The van der Waals surface area contributed by atoms with Gasteiger partial charge in [-0.15, -0.1) is 5.10 Å². The summed E-state index contributed by atoms with van der Waals surface area (Å²) in [5.74, 6) is -7.92. The van der Waals surface area contributed by atoms with Crippen molar-refractivity contribution < 1.29 is 57.9 Å². The number of piperidine rings is 1. The van der Waals surface area contributed by atoms with Crippen LogP contribution in [0.1, 0.15) is 132 Å². The van der Waals surface area contributed by atoms with Crippen molar-refractivity contribution in [2.45, 2.75) is 180 Å². The van der Waals surface area contributed by atoms with Gasteiger partial charge in [-0.3, -0.25) is 19.2 Å². The van der Waals surface area contributed by atoms with Gasteiger partial charge in [0.2, 0.25) is 5.79 Å². The number of carbonyl (C=O) groups is 5. The van der Waals surface area contributed by atoms with E-state index in [9.17, 15) is 34.2 Å². The molecule has 1 aromatic rings. The van der Waals surface area contributed by atoms with Crippen molar-refractivity contribution in [1.82, 2.24) is 25.1 Å². The van der Waals surface area contributed by atoms with E-state index in [0.717, 1.165) is 18.4 Å². The molecule has 0 aromatic carbocycles. The number of fused-ring (bicyclic) bond motifs is 3. The number of cyclic esters (lactones) is 1. The van der Waals surface area contributed by atoms with Gasteiger partial charge in [0.15, 0.2) is 5.78 Å². The Bertz CT molecular complexity index is 2020. The van der Waals surface area contributed by atoms with E-state index in [1.165, 1.54) is 12.0 Å². The number of amides is 1. The third kappa shape index (κ3) is 14.2. The summed E-state index contributed by atoms with van der Waals surface area (Å²) in [5, 5.41) is 35.2. The Hall–Kier alpha value is -4.26. The van der Waals surface area contributed by atoms with E-state index in [1.807, 2.05) is 58.1 Å². The molecule has 2 N–H and O–H groups in total. The summed E-state index contributed by atoms with van der Waals surface area (Å²) < 4.78 is 31.6. The number of nitrogens with zero attached hydrogens (tertiary/aromatic N) is 5. The number of rotatable bonds is 7. The van der Waals surface area contributed by atoms with Crippen LogP contribution in [0.15, 0.2) is 53.9 Å². The van der Waals surface area contributed by atoms with Gasteiger partial charge in [-0.1, -0.05) is 71.1 Å². The quantitative estimate of drug-likeness (QED) is 0.181. The fourth-order valence-electron chi connectivity index (χ4n) is 10.7. The first-order chi connectivity index (χ1) is 32.8. The summed E-state index contributed by atoms with van der Waals surface area (Å²) in [4.78, 5) is 72.3. The molecule has 5 rings (SSSR count). The molecule has 0 spiro atoms. The second-order valence-electron chi connectivity index (χ2n) is 20.4. The molecule has 1 aliphatic carbocycles. The highest BCUT2D eigenvalue weighted by molar-refractivity contribution is 6.39. The molecule has 17 heteroatoms. The second kappa shape index (κ2) is 25.7. The van der Waals surface area contributed by atoms with Gasteiger partial charge >= 0.3 is 5.97 Å². The number of hydrogen-bond acceptors (Lipinski definition) is 15. The van der Waals surface area contributed by atoms with Crippen molar-refractivity contribution >= 4 is 29.2 Å². The SMILES string of the molecule is CO[C@H]1C[C@@H]2CC[C@@H](C)[C@@](O)(O2)C(=O)C(=O)N2CCCC[C@H]2C(=O)O[C@H]([C@H](C)C[C@@H]2CC[C@H](n3cnnn3)[C@H](OC)C2)CC(=O)[C@H](C)/C=C(\C)[C@@H](O)[C@@H](OC)C(=O)[C@H](C)C[C@H](C)/C=C/C=C/C=C\1C. The van der Waals surface area contributed by atoms with Gasteiger partial charge in [-0.2, -0.15) is 0 Å². The summed E-state index contributed by atoms with van der Waals surface area (Å²) in [6, 6.07) is -1.19. The molecular weight excluding hydrogens is 887 g/mol. The fraction of sp³-hybridized carbons (Fsp3) is 0.731. The predicted octanol–water partition coefficient (Wildman–Crippen LogP) is 6.05. The van der Waals surface area contributed by atoms with E-state index >= 15 is 0 Å². The maximum atomic E-state index is 14.5. The van der Waals surface area contributed by atoms with Gasteiger partial charge < -0.3 is 38.8 Å². The number of aliphatic hydroxyl groups is 2. The minimum absolute atomic E-state index is 0.0170. The average Bonchev–Trinajstić information content (AvgIpc) is 3.88. The maximum Gasteiger partial charge on any atom is 0.329 e. The normalized spacial score (nSPS) is 38.8. The fourth-order valence-corrected chi connectivity index (χ4v) is 10.7. The van der Waals surface area contributed by atoms with Gasteiger partial charge in [-0.05, 0) is 117 Å². The molecular formula is C52H79N5O12. The van der Waals surface area contributed by atoms with Crippen LogP contribution in [0, 0.1) is 35.5 Å². The van der Waals surface area contributed by atoms with Gasteiger partial charge in [-0.25, -0.2) is 9.48 Å². The molecule has 17 nitrogen and oxygen atoms in total. The number of esters is 1. The third-order valence-corrected chi connectivity index (χ3v) is 15.2. The second-order valence-corrected chi connectivity index (χ2v) is 20.4. The zero-order chi connectivity index (χ0) is 50.6. The molecule has 69 heavy (non-hydrogen) atoms. The molecule has 1 amide bonds. The predicted molar refractivity (Wildman–Crippen MR) is 256 cm³/mol. The van der Waals surface area contributed by atoms with Crippen LogP contribution in [0.5, 0.6) is 0 Å². The Kier molecular flexibility index (Phi) is 20.8. The topological polar surface area (TPSA) is 219 Å². The van der Waals surface area contributed by atoms with Gasteiger partial charge in [0, 0.05) is 58.5 Å². The minimum Gasteiger partial charge on any atom is -0.460 e. The first kappa shape index (κ1) is 55.7. The van der Waals surface area contributed by atoms with Crippen molar-refractivity contribution in [3.63, 3.8) is 0 Å². The van der Waals surface area contributed by atoms with Crippen molar-refractivity contribution in [2.24, 2.45) is 35.5 Å². The van der Waals surface area contributed by atoms with Crippen molar-refractivity contribution in [2.75, 3.05) is 27.9 Å². The smallest absolute Gasteiger partial charge is 0.329 e. The Morgan fingerprint density at radius 1 is 0.884 bits per heavy atom. The van der Waals surface area contributed by atoms with Crippen LogP contribution in [0.3, 0.4) is 0 Å². The molecule has 2 saturated heterocycles. The Morgan fingerprint density at radius 2 is 1.64 bits per heavy atom. The van der Waals surface area contributed by atoms with Crippen LogP contribution in [0.25, 0.3) is 0 Å². The lowest BCUT2D eigenvalue weighted by molar-refractivity contribution is -0.265. The lowest BCUT2D eigenvalue weighted by Gasteiger charge is -2.42.